The van der Waals surface area contributed by atoms with Gasteiger partial charge in [0.15, 0.2) is 0 Å². The van der Waals surface area contributed by atoms with Gasteiger partial charge < -0.3 is 5.32 Å². The SMILES string of the molecule is Cc1nn(C)c(C)c1NC(=O)c1ccc(SC(F)F)cc1. The Bertz CT molecular complexity index is 653. The lowest BCUT2D eigenvalue weighted by atomic mass is 10.2. The number of rotatable bonds is 4. The summed E-state index contributed by atoms with van der Waals surface area (Å²) in [5.41, 5.74) is 2.67. The van der Waals surface area contributed by atoms with Crippen LogP contribution in [0.2, 0.25) is 0 Å². The minimum atomic E-state index is -2.47. The number of hydrogen-bond donors (Lipinski definition) is 1. The summed E-state index contributed by atoms with van der Waals surface area (Å²) in [4.78, 5) is 12.6. The number of halogens is 2. The van der Waals surface area contributed by atoms with Gasteiger partial charge >= 0.3 is 0 Å². The van der Waals surface area contributed by atoms with Crippen LogP contribution >= 0.6 is 11.8 Å². The highest BCUT2D eigenvalue weighted by atomic mass is 32.2. The van der Waals surface area contributed by atoms with Gasteiger partial charge in [0.1, 0.15) is 0 Å². The van der Waals surface area contributed by atoms with E-state index in [9.17, 15) is 13.6 Å². The predicted molar refractivity (Wildman–Crippen MR) is 78.9 cm³/mol. The number of benzene rings is 1. The molecule has 0 atom stereocenters. The fourth-order valence-corrected chi connectivity index (χ4v) is 2.43. The number of hydrogen-bond acceptors (Lipinski definition) is 3. The summed E-state index contributed by atoms with van der Waals surface area (Å²) in [6.07, 6.45) is 0. The molecule has 7 heteroatoms. The topological polar surface area (TPSA) is 46.9 Å². The number of thioether (sulfide) groups is 1. The van der Waals surface area contributed by atoms with Crippen molar-refractivity contribution in [2.24, 2.45) is 7.05 Å². The van der Waals surface area contributed by atoms with Gasteiger partial charge in [0.2, 0.25) is 0 Å². The third-order valence-corrected chi connectivity index (χ3v) is 3.81. The molecule has 0 fully saturated rings. The summed E-state index contributed by atoms with van der Waals surface area (Å²) in [7, 11) is 1.80. The van der Waals surface area contributed by atoms with Crippen molar-refractivity contribution in [1.29, 1.82) is 0 Å². The van der Waals surface area contributed by atoms with Gasteiger partial charge in [-0.25, -0.2) is 0 Å². The Hall–Kier alpha value is -1.89. The zero-order valence-corrected chi connectivity index (χ0v) is 12.7. The second kappa shape index (κ2) is 6.26. The molecule has 0 aliphatic rings. The Morgan fingerprint density at radius 3 is 2.38 bits per heavy atom. The summed E-state index contributed by atoms with van der Waals surface area (Å²) >= 11 is 0.453. The standard InChI is InChI=1S/C14H15F2N3OS/c1-8-12(9(2)19(3)18-8)17-13(20)10-4-6-11(7-5-10)21-14(15)16/h4-7,14H,1-3H3,(H,17,20). The first kappa shape index (κ1) is 15.5. The lowest BCUT2D eigenvalue weighted by molar-refractivity contribution is 0.102. The van der Waals surface area contributed by atoms with Crippen LogP contribution < -0.4 is 5.32 Å². The van der Waals surface area contributed by atoms with Crippen molar-refractivity contribution in [2.75, 3.05) is 5.32 Å². The monoisotopic (exact) mass is 311 g/mol. The van der Waals surface area contributed by atoms with E-state index in [1.807, 2.05) is 13.8 Å². The van der Waals surface area contributed by atoms with Crippen LogP contribution in [0.5, 0.6) is 0 Å². The van der Waals surface area contributed by atoms with Crippen molar-refractivity contribution in [3.8, 4) is 0 Å². The lowest BCUT2D eigenvalue weighted by Crippen LogP contribution is -2.13. The molecule has 0 unspecified atom stereocenters. The molecule has 0 radical (unpaired) electrons. The maximum atomic E-state index is 12.2. The fraction of sp³-hybridized carbons (Fsp3) is 0.286. The number of aryl methyl sites for hydroxylation is 2. The maximum Gasteiger partial charge on any atom is 0.288 e. The smallest absolute Gasteiger partial charge is 0.288 e. The van der Waals surface area contributed by atoms with E-state index in [4.69, 9.17) is 0 Å². The highest BCUT2D eigenvalue weighted by Crippen LogP contribution is 2.25. The van der Waals surface area contributed by atoms with Gasteiger partial charge in [0, 0.05) is 17.5 Å². The normalized spacial score (nSPS) is 11.0. The largest absolute Gasteiger partial charge is 0.319 e. The summed E-state index contributed by atoms with van der Waals surface area (Å²) < 4.78 is 26.2. The van der Waals surface area contributed by atoms with Crippen molar-refractivity contribution in [1.82, 2.24) is 9.78 Å². The van der Waals surface area contributed by atoms with Gasteiger partial charge in [0.05, 0.1) is 17.1 Å². The number of nitrogens with zero attached hydrogens (tertiary/aromatic N) is 2. The van der Waals surface area contributed by atoms with Crippen molar-refractivity contribution in [3.05, 3.63) is 41.2 Å². The van der Waals surface area contributed by atoms with Gasteiger partial charge in [0.25, 0.3) is 11.7 Å². The Labute approximate surface area is 125 Å². The molecule has 0 spiro atoms. The first-order chi connectivity index (χ1) is 9.88. The first-order valence-electron chi connectivity index (χ1n) is 6.25. The van der Waals surface area contributed by atoms with Gasteiger partial charge in [-0.05, 0) is 38.1 Å². The molecule has 4 nitrogen and oxygen atoms in total. The third-order valence-electron chi connectivity index (χ3n) is 3.09. The number of carbonyl (C=O) groups excluding carboxylic acids is 1. The molecule has 1 N–H and O–H groups in total. The van der Waals surface area contributed by atoms with E-state index in [0.717, 1.165) is 11.4 Å². The van der Waals surface area contributed by atoms with Gasteiger partial charge in [-0.3, -0.25) is 9.48 Å². The first-order valence-corrected chi connectivity index (χ1v) is 7.13. The zero-order valence-electron chi connectivity index (χ0n) is 11.9. The molecule has 1 heterocycles. The van der Waals surface area contributed by atoms with Crippen molar-refractivity contribution < 1.29 is 13.6 Å². The average Bonchev–Trinajstić information content (AvgIpc) is 2.65. The number of aromatic nitrogens is 2. The van der Waals surface area contributed by atoms with Crippen molar-refractivity contribution in [2.45, 2.75) is 24.5 Å². The Morgan fingerprint density at radius 2 is 1.90 bits per heavy atom. The van der Waals surface area contributed by atoms with E-state index in [0.29, 0.717) is 27.9 Å². The van der Waals surface area contributed by atoms with Crippen LogP contribution in [0.4, 0.5) is 14.5 Å². The number of nitrogens with one attached hydrogen (secondary N) is 1. The Morgan fingerprint density at radius 1 is 1.29 bits per heavy atom. The molecule has 1 amide bonds. The number of carbonyl (C=O) groups is 1. The maximum absolute atomic E-state index is 12.2. The van der Waals surface area contributed by atoms with Crippen LogP contribution in [0.3, 0.4) is 0 Å². The van der Waals surface area contributed by atoms with Crippen molar-refractivity contribution >= 4 is 23.4 Å². The molecule has 112 valence electrons. The van der Waals surface area contributed by atoms with E-state index in [1.165, 1.54) is 24.3 Å². The predicted octanol–water partition coefficient (Wildman–Crippen LogP) is 3.60. The highest BCUT2D eigenvalue weighted by Gasteiger charge is 2.14. The molecule has 0 aliphatic carbocycles. The second-order valence-electron chi connectivity index (χ2n) is 4.53. The summed E-state index contributed by atoms with van der Waals surface area (Å²) in [6.45, 7) is 3.67. The zero-order chi connectivity index (χ0) is 15.6. The van der Waals surface area contributed by atoms with E-state index in [2.05, 4.69) is 10.4 Å². The van der Waals surface area contributed by atoms with Gasteiger partial charge in [-0.15, -0.1) is 0 Å². The lowest BCUT2D eigenvalue weighted by Gasteiger charge is -2.06. The van der Waals surface area contributed by atoms with Crippen LogP contribution in [-0.4, -0.2) is 21.4 Å². The molecular weight excluding hydrogens is 296 g/mol. The number of alkyl halides is 2. The average molecular weight is 311 g/mol. The Kier molecular flexibility index (Phi) is 4.62. The molecule has 1 aromatic carbocycles. The van der Waals surface area contributed by atoms with Gasteiger partial charge in [-0.1, -0.05) is 11.8 Å². The number of amides is 1. The molecule has 2 aromatic rings. The third kappa shape index (κ3) is 3.60. The van der Waals surface area contributed by atoms with Crippen LogP contribution in [0.25, 0.3) is 0 Å². The molecule has 0 aliphatic heterocycles. The van der Waals surface area contributed by atoms with E-state index in [-0.39, 0.29) is 5.91 Å². The molecule has 21 heavy (non-hydrogen) atoms. The highest BCUT2D eigenvalue weighted by molar-refractivity contribution is 7.99. The minimum Gasteiger partial charge on any atom is -0.319 e. The van der Waals surface area contributed by atoms with E-state index < -0.39 is 5.76 Å². The molecule has 0 saturated carbocycles. The molecule has 1 aromatic heterocycles. The Balaban J connectivity index is 2.13. The fourth-order valence-electron chi connectivity index (χ4n) is 1.93. The van der Waals surface area contributed by atoms with Crippen LogP contribution in [0, 0.1) is 13.8 Å². The second-order valence-corrected chi connectivity index (χ2v) is 5.59. The summed E-state index contributed by atoms with van der Waals surface area (Å²) in [5, 5.41) is 7.02. The van der Waals surface area contributed by atoms with E-state index >= 15 is 0 Å². The van der Waals surface area contributed by atoms with Crippen molar-refractivity contribution in [3.63, 3.8) is 0 Å². The summed E-state index contributed by atoms with van der Waals surface area (Å²) in [6, 6.07) is 6.07. The van der Waals surface area contributed by atoms with Crippen LogP contribution in [-0.2, 0) is 7.05 Å². The van der Waals surface area contributed by atoms with Crippen LogP contribution in [0.15, 0.2) is 29.2 Å². The summed E-state index contributed by atoms with van der Waals surface area (Å²) in [5.74, 6) is -2.76. The molecule has 0 saturated heterocycles. The van der Waals surface area contributed by atoms with Gasteiger partial charge in [-0.2, -0.15) is 13.9 Å². The minimum absolute atomic E-state index is 0.289. The molecule has 0 bridgehead atoms. The number of anilines is 1. The quantitative estimate of drug-likeness (QED) is 0.878. The molecular formula is C14H15F2N3OS. The van der Waals surface area contributed by atoms with Crippen LogP contribution in [0.1, 0.15) is 21.7 Å². The van der Waals surface area contributed by atoms with E-state index in [1.54, 1.807) is 11.7 Å². The molecule has 2 rings (SSSR count).